The monoisotopic (exact) mass is 537 g/mol. The zero-order valence-corrected chi connectivity index (χ0v) is 23.8. The number of anilines is 2. The minimum Gasteiger partial charge on any atom is -0.456 e. The molecule has 2 heterocycles. The Labute approximate surface area is 241 Å². The van der Waals surface area contributed by atoms with Crippen molar-refractivity contribution >= 4 is 39.8 Å². The van der Waals surface area contributed by atoms with Crippen LogP contribution in [-0.2, 0) is 0 Å². The largest absolute Gasteiger partial charge is 0.456 e. The molecule has 0 bridgehead atoms. The molecule has 0 spiro atoms. The molecule has 1 aliphatic heterocycles. The summed E-state index contributed by atoms with van der Waals surface area (Å²) in [5, 5.41) is 1.06. The van der Waals surface area contributed by atoms with Crippen molar-refractivity contribution < 1.29 is 9.15 Å². The van der Waals surface area contributed by atoms with Gasteiger partial charge < -0.3 is 14.5 Å². The van der Waals surface area contributed by atoms with E-state index in [0.29, 0.717) is 0 Å². The highest BCUT2D eigenvalue weighted by atomic mass is 16.5. The molecule has 1 aromatic heterocycles. The second-order valence-electron chi connectivity index (χ2n) is 10.5. The zero-order chi connectivity index (χ0) is 28.3. The number of ether oxygens (including phenoxy) is 1. The van der Waals surface area contributed by atoms with E-state index in [1.54, 1.807) is 0 Å². The highest BCUT2D eigenvalue weighted by Crippen LogP contribution is 2.39. The number of fused-ring (bicyclic) bond motifs is 2. The Morgan fingerprint density at radius 1 is 0.683 bits per heavy atom. The predicted octanol–water partition coefficient (Wildman–Crippen LogP) is 9.04. The van der Waals surface area contributed by atoms with Crippen molar-refractivity contribution in [1.82, 2.24) is 0 Å². The summed E-state index contributed by atoms with van der Waals surface area (Å²) < 4.78 is 12.8. The third kappa shape index (κ3) is 5.50. The van der Waals surface area contributed by atoms with Gasteiger partial charge in [0.15, 0.2) is 0 Å². The lowest BCUT2D eigenvalue weighted by atomic mass is 9.98. The molecule has 4 heteroatoms. The van der Waals surface area contributed by atoms with Crippen LogP contribution >= 0.6 is 0 Å². The molecule has 0 fully saturated rings. The molecule has 0 saturated carbocycles. The van der Waals surface area contributed by atoms with Crippen LogP contribution in [-0.4, -0.2) is 28.2 Å². The van der Waals surface area contributed by atoms with Crippen LogP contribution < -0.4 is 14.5 Å². The first kappa shape index (κ1) is 26.1. The van der Waals surface area contributed by atoms with E-state index in [1.807, 2.05) is 64.6 Å². The summed E-state index contributed by atoms with van der Waals surface area (Å²) in [4.78, 5) is 4.18. The lowest BCUT2D eigenvalue weighted by Crippen LogP contribution is -2.10. The fourth-order valence-corrected chi connectivity index (χ4v) is 4.98. The number of hydrogen-bond donors (Lipinski definition) is 0. The predicted molar refractivity (Wildman–Crippen MR) is 173 cm³/mol. The van der Waals surface area contributed by atoms with Gasteiger partial charge in [-0.2, -0.15) is 0 Å². The average molecular weight is 538 g/mol. The van der Waals surface area contributed by atoms with Gasteiger partial charge in [-0.25, -0.2) is 4.42 Å². The lowest BCUT2D eigenvalue weighted by Gasteiger charge is -2.23. The molecule has 1 aliphatic rings. The van der Waals surface area contributed by atoms with E-state index in [4.69, 9.17) is 9.15 Å². The third-order valence-electron chi connectivity index (χ3n) is 7.27. The molecule has 0 aliphatic carbocycles. The summed E-state index contributed by atoms with van der Waals surface area (Å²) >= 11 is 0. The van der Waals surface area contributed by atoms with Crippen molar-refractivity contribution in [1.29, 1.82) is 0 Å². The molecule has 6 rings (SSSR count). The van der Waals surface area contributed by atoms with Crippen LogP contribution in [0.3, 0.4) is 0 Å². The van der Waals surface area contributed by atoms with Crippen LogP contribution in [0, 0.1) is 0 Å². The Morgan fingerprint density at radius 3 is 2.05 bits per heavy atom. The molecule has 4 aromatic carbocycles. The van der Waals surface area contributed by atoms with Gasteiger partial charge in [-0.3, -0.25) is 0 Å². The summed E-state index contributed by atoms with van der Waals surface area (Å²) in [5.41, 5.74) is 8.38. The minimum absolute atomic E-state index is 0.834. The standard InChI is InChI=1S/C37H33N2O2/c1-38(2)30-18-20-32-28(22-34(40-36(32)24-30)26-12-7-5-8-13-26)16-11-17-29-23-35(27-14-9-6-10-15-27)41-37-25-31(39(3)4)19-21-33(29)37/h5-25H,1-4H3/q+1. The van der Waals surface area contributed by atoms with Gasteiger partial charge in [0.2, 0.25) is 0 Å². The van der Waals surface area contributed by atoms with E-state index < -0.39 is 0 Å². The van der Waals surface area contributed by atoms with Gasteiger partial charge in [-0.15, -0.1) is 0 Å². The maximum Gasteiger partial charge on any atom is 0.363 e. The first-order valence-electron chi connectivity index (χ1n) is 13.7. The first-order chi connectivity index (χ1) is 20.0. The van der Waals surface area contributed by atoms with Crippen molar-refractivity contribution in [3.63, 3.8) is 0 Å². The van der Waals surface area contributed by atoms with Crippen molar-refractivity contribution in [2.75, 3.05) is 38.0 Å². The molecular formula is C37H33N2O2+. The maximum atomic E-state index is 6.41. The Hall–Kier alpha value is -5.09. The Kier molecular flexibility index (Phi) is 7.13. The topological polar surface area (TPSA) is 27.0 Å². The quantitative estimate of drug-likeness (QED) is 0.202. The smallest absolute Gasteiger partial charge is 0.363 e. The van der Waals surface area contributed by atoms with Crippen molar-refractivity contribution in [3.8, 4) is 17.1 Å². The summed E-state index contributed by atoms with van der Waals surface area (Å²) in [6, 6.07) is 35.3. The highest BCUT2D eigenvalue weighted by molar-refractivity contribution is 5.92. The van der Waals surface area contributed by atoms with Gasteiger partial charge in [0, 0.05) is 62.3 Å². The molecular weight excluding hydrogens is 504 g/mol. The fourth-order valence-electron chi connectivity index (χ4n) is 4.98. The number of nitrogens with zero attached hydrogens (tertiary/aromatic N) is 2. The summed E-state index contributed by atoms with van der Waals surface area (Å²) in [5.74, 6) is 2.52. The summed E-state index contributed by atoms with van der Waals surface area (Å²) in [6.07, 6.45) is 8.55. The van der Waals surface area contributed by atoms with Crippen molar-refractivity contribution in [3.05, 3.63) is 138 Å². The first-order valence-corrected chi connectivity index (χ1v) is 13.7. The normalized spacial score (nSPS) is 13.7. The Balaban J connectivity index is 1.45. The molecule has 0 unspecified atom stereocenters. The number of benzene rings is 4. The van der Waals surface area contributed by atoms with Crippen LogP contribution in [0.2, 0.25) is 0 Å². The Morgan fingerprint density at radius 2 is 1.34 bits per heavy atom. The van der Waals surface area contributed by atoms with Crippen molar-refractivity contribution in [2.45, 2.75) is 0 Å². The third-order valence-corrected chi connectivity index (χ3v) is 7.27. The lowest BCUT2D eigenvalue weighted by molar-refractivity contribution is 0.509. The van der Waals surface area contributed by atoms with Crippen LogP contribution in [0.4, 0.5) is 11.4 Å². The summed E-state index contributed by atoms with van der Waals surface area (Å²) in [6.45, 7) is 0. The van der Waals surface area contributed by atoms with Gasteiger partial charge in [0.25, 0.3) is 0 Å². The number of hydrogen-bond acceptors (Lipinski definition) is 3. The van der Waals surface area contributed by atoms with E-state index in [9.17, 15) is 0 Å². The highest BCUT2D eigenvalue weighted by Gasteiger charge is 2.20. The molecule has 202 valence electrons. The van der Waals surface area contributed by atoms with Crippen LogP contribution in [0.5, 0.6) is 5.75 Å². The van der Waals surface area contributed by atoms with E-state index >= 15 is 0 Å². The number of allylic oxidation sites excluding steroid dienone is 4. The molecule has 0 atom stereocenters. The van der Waals surface area contributed by atoms with Gasteiger partial charge in [-0.1, -0.05) is 66.8 Å². The molecule has 0 radical (unpaired) electrons. The SMILES string of the molecule is CN(C)c1ccc2c(c1)OC(c1ccccc1)=C/C2=C\C=C\c1cc(-c2ccccc2)[o+]c2cc(N(C)C)ccc12. The molecule has 0 N–H and O–H groups in total. The molecule has 0 saturated heterocycles. The van der Waals surface area contributed by atoms with Crippen LogP contribution in [0.25, 0.3) is 39.7 Å². The number of rotatable bonds is 6. The van der Waals surface area contributed by atoms with Gasteiger partial charge in [0.1, 0.15) is 11.5 Å². The fraction of sp³-hybridized carbons (Fsp3) is 0.108. The van der Waals surface area contributed by atoms with E-state index in [1.165, 1.54) is 0 Å². The van der Waals surface area contributed by atoms with Gasteiger partial charge in [-0.05, 0) is 48.0 Å². The van der Waals surface area contributed by atoms with E-state index in [-0.39, 0.29) is 0 Å². The second kappa shape index (κ2) is 11.2. The van der Waals surface area contributed by atoms with E-state index in [2.05, 4.69) is 101 Å². The second-order valence-corrected chi connectivity index (χ2v) is 10.5. The van der Waals surface area contributed by atoms with Crippen molar-refractivity contribution in [2.24, 2.45) is 0 Å². The summed E-state index contributed by atoms with van der Waals surface area (Å²) in [7, 11) is 8.17. The minimum atomic E-state index is 0.834. The van der Waals surface area contributed by atoms with Crippen LogP contribution in [0.15, 0.2) is 126 Å². The maximum absolute atomic E-state index is 6.41. The van der Waals surface area contributed by atoms with Crippen LogP contribution in [0.1, 0.15) is 16.7 Å². The average Bonchev–Trinajstić information content (AvgIpc) is 3.01. The van der Waals surface area contributed by atoms with Gasteiger partial charge in [0.05, 0.1) is 23.1 Å². The molecule has 0 amide bonds. The Bertz CT molecular complexity index is 1800. The molecule has 41 heavy (non-hydrogen) atoms. The molecule has 4 nitrogen and oxygen atoms in total. The van der Waals surface area contributed by atoms with E-state index in [0.717, 1.165) is 67.4 Å². The van der Waals surface area contributed by atoms with Gasteiger partial charge >= 0.3 is 11.3 Å². The zero-order valence-electron chi connectivity index (χ0n) is 23.8. The molecule has 5 aromatic rings.